The number of carboxylic acids is 1. The van der Waals surface area contributed by atoms with Crippen molar-refractivity contribution in [3.05, 3.63) is 29.8 Å². The Morgan fingerprint density at radius 3 is 2.94 bits per heavy atom. The molecule has 0 aliphatic carbocycles. The molecule has 0 fully saturated rings. The number of carboxylic acid groups (broad SMARTS) is 1. The van der Waals surface area contributed by atoms with E-state index in [1.165, 1.54) is 6.21 Å². The van der Waals surface area contributed by atoms with Crippen molar-refractivity contribution in [2.45, 2.75) is 0 Å². The summed E-state index contributed by atoms with van der Waals surface area (Å²) >= 11 is 4.84. The summed E-state index contributed by atoms with van der Waals surface area (Å²) in [7, 11) is 1.68. The zero-order chi connectivity index (χ0) is 13.4. The summed E-state index contributed by atoms with van der Waals surface area (Å²) in [6.07, 6.45) is 1.50. The van der Waals surface area contributed by atoms with Gasteiger partial charge < -0.3 is 15.2 Å². The Kier molecular flexibility index (Phi) is 5.59. The van der Waals surface area contributed by atoms with Gasteiger partial charge in [0.2, 0.25) is 0 Å². The van der Waals surface area contributed by atoms with Crippen LogP contribution in [-0.4, -0.2) is 36.1 Å². The smallest absolute Gasteiger partial charge is 0.341 e. The van der Waals surface area contributed by atoms with E-state index in [0.717, 1.165) is 0 Å². The standard InChI is InChI=1S/C11H13N3O3S/c1-12-11(18)14-13-6-8-4-2-3-5-9(8)17-7-10(15)16/h2-6H,7H2,1H3,(H,15,16)(H2,12,14,18). The summed E-state index contributed by atoms with van der Waals surface area (Å²) in [6.45, 7) is -0.396. The van der Waals surface area contributed by atoms with E-state index in [2.05, 4.69) is 15.8 Å². The Labute approximate surface area is 110 Å². The molecule has 7 heteroatoms. The van der Waals surface area contributed by atoms with Crippen LogP contribution in [-0.2, 0) is 4.79 Å². The van der Waals surface area contributed by atoms with Gasteiger partial charge in [-0.15, -0.1) is 0 Å². The molecule has 1 rings (SSSR count). The first-order valence-corrected chi connectivity index (χ1v) is 5.48. The van der Waals surface area contributed by atoms with Gasteiger partial charge in [0.15, 0.2) is 11.7 Å². The SMILES string of the molecule is CNC(=S)NN=Cc1ccccc1OCC(=O)O. The van der Waals surface area contributed by atoms with Gasteiger partial charge in [-0.05, 0) is 24.4 Å². The van der Waals surface area contributed by atoms with E-state index in [4.69, 9.17) is 22.1 Å². The Bertz CT molecular complexity index is 463. The minimum atomic E-state index is -1.03. The molecular formula is C11H13N3O3S. The average molecular weight is 267 g/mol. The lowest BCUT2D eigenvalue weighted by atomic mass is 10.2. The first kappa shape index (κ1) is 13.9. The van der Waals surface area contributed by atoms with Crippen LogP contribution >= 0.6 is 12.2 Å². The normalized spacial score (nSPS) is 10.1. The lowest BCUT2D eigenvalue weighted by molar-refractivity contribution is -0.139. The fourth-order valence-electron chi connectivity index (χ4n) is 1.07. The van der Waals surface area contributed by atoms with Crippen molar-refractivity contribution in [2.75, 3.05) is 13.7 Å². The highest BCUT2D eigenvalue weighted by molar-refractivity contribution is 7.80. The number of thiocarbonyl (C=S) groups is 1. The molecule has 96 valence electrons. The highest BCUT2D eigenvalue weighted by Gasteiger charge is 2.03. The molecule has 0 aliphatic rings. The van der Waals surface area contributed by atoms with E-state index >= 15 is 0 Å². The summed E-state index contributed by atoms with van der Waals surface area (Å²) in [6, 6.07) is 6.97. The van der Waals surface area contributed by atoms with Crippen LogP contribution in [0.15, 0.2) is 29.4 Å². The molecule has 0 bridgehead atoms. The number of para-hydroxylation sites is 1. The number of ether oxygens (including phenoxy) is 1. The van der Waals surface area contributed by atoms with Gasteiger partial charge in [-0.1, -0.05) is 12.1 Å². The number of aliphatic carboxylic acids is 1. The number of nitrogens with zero attached hydrogens (tertiary/aromatic N) is 1. The van der Waals surface area contributed by atoms with Gasteiger partial charge in [-0.2, -0.15) is 5.10 Å². The van der Waals surface area contributed by atoms with E-state index in [9.17, 15) is 4.79 Å². The van der Waals surface area contributed by atoms with Crippen molar-refractivity contribution in [1.82, 2.24) is 10.7 Å². The van der Waals surface area contributed by atoms with E-state index in [1.54, 1.807) is 31.3 Å². The first-order valence-electron chi connectivity index (χ1n) is 5.08. The second-order valence-corrected chi connectivity index (χ2v) is 3.58. The molecule has 3 N–H and O–H groups in total. The van der Waals surface area contributed by atoms with Crippen LogP contribution in [0, 0.1) is 0 Å². The van der Waals surface area contributed by atoms with E-state index < -0.39 is 12.6 Å². The van der Waals surface area contributed by atoms with Gasteiger partial charge in [0.05, 0.1) is 6.21 Å². The van der Waals surface area contributed by atoms with Crippen molar-refractivity contribution in [1.29, 1.82) is 0 Å². The van der Waals surface area contributed by atoms with Crippen LogP contribution < -0.4 is 15.5 Å². The predicted molar refractivity (Wildman–Crippen MR) is 72.0 cm³/mol. The molecule has 0 heterocycles. The summed E-state index contributed by atoms with van der Waals surface area (Å²) in [4.78, 5) is 10.4. The maximum atomic E-state index is 10.4. The number of carbonyl (C=O) groups is 1. The Morgan fingerprint density at radius 2 is 2.28 bits per heavy atom. The fraction of sp³-hybridized carbons (Fsp3) is 0.182. The van der Waals surface area contributed by atoms with E-state index in [-0.39, 0.29) is 0 Å². The van der Waals surface area contributed by atoms with Crippen molar-refractivity contribution < 1.29 is 14.6 Å². The third-order valence-corrected chi connectivity index (χ3v) is 2.16. The van der Waals surface area contributed by atoms with Crippen LogP contribution in [0.1, 0.15) is 5.56 Å². The van der Waals surface area contributed by atoms with Gasteiger partial charge in [-0.25, -0.2) is 4.79 Å². The second-order valence-electron chi connectivity index (χ2n) is 3.17. The lowest BCUT2D eigenvalue weighted by Gasteiger charge is -2.06. The molecule has 1 aromatic rings. The summed E-state index contributed by atoms with van der Waals surface area (Å²) in [5, 5.41) is 15.5. The maximum absolute atomic E-state index is 10.4. The minimum absolute atomic E-state index is 0.384. The molecule has 0 radical (unpaired) electrons. The van der Waals surface area contributed by atoms with Gasteiger partial charge in [-0.3, -0.25) is 5.43 Å². The predicted octanol–water partition coefficient (Wildman–Crippen LogP) is 0.578. The zero-order valence-electron chi connectivity index (χ0n) is 9.71. The number of nitrogens with one attached hydrogen (secondary N) is 2. The minimum Gasteiger partial charge on any atom is -0.481 e. The molecule has 6 nitrogen and oxygen atoms in total. The van der Waals surface area contributed by atoms with Crippen molar-refractivity contribution in [2.24, 2.45) is 5.10 Å². The number of benzene rings is 1. The Hall–Kier alpha value is -2.15. The zero-order valence-corrected chi connectivity index (χ0v) is 10.5. The Morgan fingerprint density at radius 1 is 1.56 bits per heavy atom. The molecule has 0 atom stereocenters. The van der Waals surface area contributed by atoms with Gasteiger partial charge in [0, 0.05) is 12.6 Å². The summed E-state index contributed by atoms with van der Waals surface area (Å²) < 4.78 is 5.12. The van der Waals surface area contributed by atoms with Gasteiger partial charge >= 0.3 is 5.97 Å². The largest absolute Gasteiger partial charge is 0.481 e. The third kappa shape index (κ3) is 4.79. The monoisotopic (exact) mass is 267 g/mol. The van der Waals surface area contributed by atoms with Crippen LogP contribution in [0.4, 0.5) is 0 Å². The second kappa shape index (κ2) is 7.23. The topological polar surface area (TPSA) is 83.0 Å². The van der Waals surface area contributed by atoms with Crippen LogP contribution in [0.5, 0.6) is 5.75 Å². The summed E-state index contributed by atoms with van der Waals surface area (Å²) in [5.74, 6) is -0.586. The highest BCUT2D eigenvalue weighted by Crippen LogP contribution is 2.15. The molecule has 0 saturated heterocycles. The van der Waals surface area contributed by atoms with Gasteiger partial charge in [0.1, 0.15) is 5.75 Å². The molecule has 0 saturated carbocycles. The third-order valence-electron chi connectivity index (χ3n) is 1.87. The molecule has 0 aromatic heterocycles. The molecule has 0 aliphatic heterocycles. The fourth-order valence-corrected chi connectivity index (χ4v) is 1.13. The van der Waals surface area contributed by atoms with Crippen LogP contribution in [0.2, 0.25) is 0 Å². The average Bonchev–Trinajstić information content (AvgIpc) is 2.37. The lowest BCUT2D eigenvalue weighted by Crippen LogP contribution is -2.28. The number of rotatable bonds is 5. The summed E-state index contributed by atoms with van der Waals surface area (Å²) in [5.41, 5.74) is 3.25. The van der Waals surface area contributed by atoms with Crippen LogP contribution in [0.3, 0.4) is 0 Å². The van der Waals surface area contributed by atoms with Crippen molar-refractivity contribution in [3.63, 3.8) is 0 Å². The van der Waals surface area contributed by atoms with Gasteiger partial charge in [0.25, 0.3) is 0 Å². The molecule has 0 amide bonds. The molecule has 0 spiro atoms. The van der Waals surface area contributed by atoms with E-state index in [0.29, 0.717) is 16.4 Å². The quantitative estimate of drug-likeness (QED) is 0.411. The van der Waals surface area contributed by atoms with Crippen LogP contribution in [0.25, 0.3) is 0 Å². The number of hydrazone groups is 1. The first-order chi connectivity index (χ1) is 8.63. The Balaban J connectivity index is 2.69. The highest BCUT2D eigenvalue weighted by atomic mass is 32.1. The number of hydrogen-bond donors (Lipinski definition) is 3. The molecule has 18 heavy (non-hydrogen) atoms. The van der Waals surface area contributed by atoms with Crippen molar-refractivity contribution in [3.8, 4) is 5.75 Å². The van der Waals surface area contributed by atoms with Crippen molar-refractivity contribution >= 4 is 29.5 Å². The molecule has 1 aromatic carbocycles. The maximum Gasteiger partial charge on any atom is 0.341 e. The molecular weight excluding hydrogens is 254 g/mol. The number of hydrogen-bond acceptors (Lipinski definition) is 4. The van der Waals surface area contributed by atoms with E-state index in [1.807, 2.05) is 0 Å². The molecule has 0 unspecified atom stereocenters.